The van der Waals surface area contributed by atoms with E-state index in [2.05, 4.69) is 20.5 Å². The molecule has 1 N–H and O–H groups in total. The van der Waals surface area contributed by atoms with Crippen LogP contribution in [0.3, 0.4) is 0 Å². The van der Waals surface area contributed by atoms with Crippen LogP contribution in [-0.2, 0) is 11.2 Å². The van der Waals surface area contributed by atoms with Gasteiger partial charge in [-0.05, 0) is 20.8 Å². The Hall–Kier alpha value is -1.76. The lowest BCUT2D eigenvalue weighted by Gasteiger charge is -2.14. The SMILES string of the molecule is Cc1nnc(CCNC(=O)C[C@@H](C)n2ccnc2C)s1. The van der Waals surface area contributed by atoms with Crippen molar-refractivity contribution in [2.24, 2.45) is 0 Å². The molecule has 0 saturated carbocycles. The fourth-order valence-electron chi connectivity index (χ4n) is 2.04. The molecule has 2 heterocycles. The molecule has 0 spiro atoms. The molecule has 2 aromatic rings. The van der Waals surface area contributed by atoms with Gasteiger partial charge in [-0.1, -0.05) is 0 Å². The van der Waals surface area contributed by atoms with Gasteiger partial charge in [0.2, 0.25) is 5.91 Å². The van der Waals surface area contributed by atoms with Gasteiger partial charge in [0.05, 0.1) is 0 Å². The summed E-state index contributed by atoms with van der Waals surface area (Å²) >= 11 is 1.57. The second-order valence-electron chi connectivity index (χ2n) is 4.75. The molecule has 2 aromatic heterocycles. The third kappa shape index (κ3) is 3.86. The van der Waals surface area contributed by atoms with Crippen molar-refractivity contribution in [3.63, 3.8) is 0 Å². The van der Waals surface area contributed by atoms with Gasteiger partial charge in [-0.25, -0.2) is 4.98 Å². The summed E-state index contributed by atoms with van der Waals surface area (Å²) in [6.07, 6.45) is 4.83. The number of hydrogen-bond donors (Lipinski definition) is 1. The quantitative estimate of drug-likeness (QED) is 0.879. The van der Waals surface area contributed by atoms with Gasteiger partial charge < -0.3 is 9.88 Å². The molecule has 0 bridgehead atoms. The second-order valence-corrected chi connectivity index (χ2v) is 6.02. The predicted molar refractivity (Wildman–Crippen MR) is 77.7 cm³/mol. The van der Waals surface area contributed by atoms with Crippen LogP contribution in [-0.4, -0.2) is 32.2 Å². The Morgan fingerprint density at radius 3 is 2.85 bits per heavy atom. The minimum atomic E-state index is 0.0480. The fourth-order valence-corrected chi connectivity index (χ4v) is 2.75. The molecule has 0 radical (unpaired) electrons. The summed E-state index contributed by atoms with van der Waals surface area (Å²) in [4.78, 5) is 16.0. The summed E-state index contributed by atoms with van der Waals surface area (Å²) < 4.78 is 2.01. The average molecular weight is 293 g/mol. The van der Waals surface area contributed by atoms with Gasteiger partial charge in [0.25, 0.3) is 0 Å². The molecule has 7 heteroatoms. The monoisotopic (exact) mass is 293 g/mol. The normalized spacial score (nSPS) is 12.3. The van der Waals surface area contributed by atoms with Crippen molar-refractivity contribution in [1.82, 2.24) is 25.1 Å². The number of carbonyl (C=O) groups is 1. The zero-order valence-corrected chi connectivity index (χ0v) is 12.8. The molecule has 0 unspecified atom stereocenters. The lowest BCUT2D eigenvalue weighted by atomic mass is 10.2. The number of carbonyl (C=O) groups excluding carboxylic acids is 1. The van der Waals surface area contributed by atoms with E-state index in [1.165, 1.54) is 0 Å². The summed E-state index contributed by atoms with van der Waals surface area (Å²) in [7, 11) is 0. The Labute approximate surface area is 122 Å². The number of aromatic nitrogens is 4. The topological polar surface area (TPSA) is 72.7 Å². The zero-order chi connectivity index (χ0) is 14.5. The van der Waals surface area contributed by atoms with Crippen LogP contribution in [0, 0.1) is 13.8 Å². The van der Waals surface area contributed by atoms with Crippen LogP contribution in [0.5, 0.6) is 0 Å². The molecule has 0 aliphatic carbocycles. The molecule has 0 aromatic carbocycles. The van der Waals surface area contributed by atoms with Crippen molar-refractivity contribution in [2.75, 3.05) is 6.54 Å². The lowest BCUT2D eigenvalue weighted by molar-refractivity contribution is -0.121. The molecule has 0 fully saturated rings. The van der Waals surface area contributed by atoms with E-state index in [4.69, 9.17) is 0 Å². The minimum Gasteiger partial charge on any atom is -0.356 e. The molecule has 0 aliphatic heterocycles. The van der Waals surface area contributed by atoms with Crippen LogP contribution < -0.4 is 5.32 Å². The first-order chi connectivity index (χ1) is 9.56. The molecular formula is C13H19N5OS. The van der Waals surface area contributed by atoms with Crippen molar-refractivity contribution < 1.29 is 4.79 Å². The van der Waals surface area contributed by atoms with Crippen LogP contribution in [0.2, 0.25) is 0 Å². The van der Waals surface area contributed by atoms with Crippen molar-refractivity contribution in [2.45, 2.75) is 39.7 Å². The summed E-state index contributed by atoms with van der Waals surface area (Å²) in [5.41, 5.74) is 0. The van der Waals surface area contributed by atoms with E-state index < -0.39 is 0 Å². The van der Waals surface area contributed by atoms with E-state index in [9.17, 15) is 4.79 Å². The number of nitrogens with one attached hydrogen (secondary N) is 1. The Kier molecular flexibility index (Phi) is 4.84. The van der Waals surface area contributed by atoms with Gasteiger partial charge in [-0.3, -0.25) is 4.79 Å². The average Bonchev–Trinajstić information content (AvgIpc) is 2.98. The molecule has 2 rings (SSSR count). The van der Waals surface area contributed by atoms with Crippen LogP contribution in [0.15, 0.2) is 12.4 Å². The molecule has 1 atom stereocenters. The van der Waals surface area contributed by atoms with Gasteiger partial charge in [0.15, 0.2) is 0 Å². The zero-order valence-electron chi connectivity index (χ0n) is 12.0. The van der Waals surface area contributed by atoms with Gasteiger partial charge in [0, 0.05) is 37.8 Å². The number of aryl methyl sites for hydroxylation is 2. The van der Waals surface area contributed by atoms with Crippen molar-refractivity contribution in [1.29, 1.82) is 0 Å². The van der Waals surface area contributed by atoms with E-state index in [1.54, 1.807) is 17.5 Å². The third-order valence-corrected chi connectivity index (χ3v) is 3.95. The summed E-state index contributed by atoms with van der Waals surface area (Å²) in [6.45, 7) is 6.48. The number of imidazole rings is 1. The molecule has 108 valence electrons. The smallest absolute Gasteiger partial charge is 0.222 e. The first-order valence-corrected chi connectivity index (χ1v) is 7.43. The molecule has 20 heavy (non-hydrogen) atoms. The van der Waals surface area contributed by atoms with Crippen molar-refractivity contribution >= 4 is 17.2 Å². The maximum Gasteiger partial charge on any atom is 0.222 e. The van der Waals surface area contributed by atoms with Crippen molar-refractivity contribution in [3.8, 4) is 0 Å². The van der Waals surface area contributed by atoms with E-state index in [1.807, 2.05) is 31.5 Å². The first kappa shape index (κ1) is 14.6. The van der Waals surface area contributed by atoms with E-state index in [0.29, 0.717) is 13.0 Å². The summed E-state index contributed by atoms with van der Waals surface area (Å²) in [5.74, 6) is 0.974. The first-order valence-electron chi connectivity index (χ1n) is 6.61. The Balaban J connectivity index is 1.74. The second kappa shape index (κ2) is 6.60. The lowest BCUT2D eigenvalue weighted by Crippen LogP contribution is -2.27. The molecule has 0 saturated heterocycles. The fraction of sp³-hybridized carbons (Fsp3) is 0.538. The minimum absolute atomic E-state index is 0.0480. The van der Waals surface area contributed by atoms with Gasteiger partial charge in [-0.15, -0.1) is 21.5 Å². The molecule has 1 amide bonds. The summed E-state index contributed by atoms with van der Waals surface area (Å²) in [6, 6.07) is 0.112. The molecular weight excluding hydrogens is 274 g/mol. The maximum atomic E-state index is 11.9. The molecule has 0 aliphatic rings. The molecule has 6 nitrogen and oxygen atoms in total. The number of nitrogens with zero attached hydrogens (tertiary/aromatic N) is 4. The number of hydrogen-bond acceptors (Lipinski definition) is 5. The Morgan fingerprint density at radius 1 is 1.45 bits per heavy atom. The van der Waals surface area contributed by atoms with Gasteiger partial charge >= 0.3 is 0 Å². The highest BCUT2D eigenvalue weighted by Gasteiger charge is 2.12. The van der Waals surface area contributed by atoms with Crippen LogP contribution in [0.25, 0.3) is 0 Å². The van der Waals surface area contributed by atoms with Crippen molar-refractivity contribution in [3.05, 3.63) is 28.2 Å². The van der Waals surface area contributed by atoms with Crippen LogP contribution in [0.4, 0.5) is 0 Å². The highest BCUT2D eigenvalue weighted by Crippen LogP contribution is 2.12. The van der Waals surface area contributed by atoms with E-state index in [-0.39, 0.29) is 11.9 Å². The summed E-state index contributed by atoms with van der Waals surface area (Å²) in [5, 5.41) is 12.8. The van der Waals surface area contributed by atoms with Crippen LogP contribution in [0.1, 0.15) is 35.2 Å². The number of rotatable bonds is 6. The van der Waals surface area contributed by atoms with Gasteiger partial charge in [-0.2, -0.15) is 0 Å². The van der Waals surface area contributed by atoms with Gasteiger partial charge in [0.1, 0.15) is 15.8 Å². The van der Waals surface area contributed by atoms with Crippen LogP contribution >= 0.6 is 11.3 Å². The standard InChI is InChI=1S/C13H19N5OS/c1-9(18-7-6-14-10(18)2)8-12(19)15-5-4-13-17-16-11(3)20-13/h6-7,9H,4-5,8H2,1-3H3,(H,15,19)/t9-/m1/s1. The largest absolute Gasteiger partial charge is 0.356 e. The van der Waals surface area contributed by atoms with E-state index >= 15 is 0 Å². The third-order valence-electron chi connectivity index (χ3n) is 3.05. The highest BCUT2D eigenvalue weighted by molar-refractivity contribution is 7.11. The van der Waals surface area contributed by atoms with E-state index in [0.717, 1.165) is 22.3 Å². The Morgan fingerprint density at radius 2 is 2.25 bits per heavy atom. The number of amides is 1. The maximum absolute atomic E-state index is 11.9. The Bertz CT molecular complexity index is 577. The highest BCUT2D eigenvalue weighted by atomic mass is 32.1. The predicted octanol–water partition coefficient (Wildman–Crippen LogP) is 1.66.